The second-order valence-electron chi connectivity index (χ2n) is 6.63. The van der Waals surface area contributed by atoms with Crippen LogP contribution < -0.4 is 10.2 Å². The van der Waals surface area contributed by atoms with E-state index in [1.54, 1.807) is 18.3 Å². The van der Waals surface area contributed by atoms with Crippen LogP contribution in [0.1, 0.15) is 39.3 Å². The number of aromatic nitrogens is 3. The number of halogens is 1. The predicted octanol–water partition coefficient (Wildman–Crippen LogP) is 3.90. The molecule has 0 bridgehead atoms. The molecule has 0 atom stereocenters. The molecule has 146 valence electrons. The number of nitriles is 1. The minimum atomic E-state index is -0.405. The van der Waals surface area contributed by atoms with Crippen molar-refractivity contribution in [3.05, 3.63) is 63.4 Å². The number of carbonyl (C=O) groups is 1. The van der Waals surface area contributed by atoms with Gasteiger partial charge in [0.05, 0.1) is 22.9 Å². The van der Waals surface area contributed by atoms with E-state index in [2.05, 4.69) is 26.3 Å². The van der Waals surface area contributed by atoms with Gasteiger partial charge >= 0.3 is 0 Å². The van der Waals surface area contributed by atoms with Crippen molar-refractivity contribution in [2.24, 2.45) is 0 Å². The zero-order valence-corrected chi connectivity index (χ0v) is 17.0. The molecule has 3 heterocycles. The van der Waals surface area contributed by atoms with E-state index in [-0.39, 0.29) is 10.7 Å². The first kappa shape index (κ1) is 19.3. The smallest absolute Gasteiger partial charge is 0.277 e. The Balaban J connectivity index is 1.45. The zero-order valence-electron chi connectivity index (χ0n) is 15.4. The third kappa shape index (κ3) is 4.53. The van der Waals surface area contributed by atoms with Crippen LogP contribution in [-0.4, -0.2) is 33.9 Å². The fourth-order valence-electron chi connectivity index (χ4n) is 3.09. The maximum atomic E-state index is 12.7. The van der Waals surface area contributed by atoms with Crippen LogP contribution >= 0.6 is 22.9 Å². The van der Waals surface area contributed by atoms with Crippen molar-refractivity contribution in [3.8, 4) is 6.07 Å². The molecule has 1 aliphatic rings. The van der Waals surface area contributed by atoms with Crippen molar-refractivity contribution in [3.63, 3.8) is 0 Å². The molecule has 7 nitrogen and oxygen atoms in total. The van der Waals surface area contributed by atoms with Crippen LogP contribution in [0.5, 0.6) is 0 Å². The van der Waals surface area contributed by atoms with E-state index in [0.717, 1.165) is 36.4 Å². The molecule has 1 fully saturated rings. The van der Waals surface area contributed by atoms with Gasteiger partial charge in [0.1, 0.15) is 0 Å². The molecule has 4 rings (SSSR count). The molecule has 1 aliphatic heterocycles. The van der Waals surface area contributed by atoms with Crippen molar-refractivity contribution in [1.29, 1.82) is 5.26 Å². The van der Waals surface area contributed by atoms with Crippen molar-refractivity contribution in [1.82, 2.24) is 15.0 Å². The Hall–Kier alpha value is -3.02. The molecule has 29 heavy (non-hydrogen) atoms. The number of carbonyl (C=O) groups excluding carboxylic acids is 1. The van der Waals surface area contributed by atoms with Gasteiger partial charge in [-0.3, -0.25) is 10.1 Å². The monoisotopic (exact) mass is 424 g/mol. The van der Waals surface area contributed by atoms with Gasteiger partial charge in [-0.1, -0.05) is 23.7 Å². The van der Waals surface area contributed by atoms with E-state index in [9.17, 15) is 4.79 Å². The molecule has 1 saturated heterocycles. The van der Waals surface area contributed by atoms with E-state index in [0.29, 0.717) is 23.1 Å². The SMILES string of the molecule is N#Cc1ccc(Cc2cnc(NC(=O)c3nc(N4CCCC4)ncc3Cl)s2)cc1. The third-order valence-electron chi connectivity index (χ3n) is 4.57. The lowest BCUT2D eigenvalue weighted by Crippen LogP contribution is -2.23. The van der Waals surface area contributed by atoms with Gasteiger partial charge in [0.2, 0.25) is 5.95 Å². The van der Waals surface area contributed by atoms with E-state index in [4.69, 9.17) is 16.9 Å². The first-order chi connectivity index (χ1) is 14.1. The highest BCUT2D eigenvalue weighted by molar-refractivity contribution is 7.15. The fraction of sp³-hybridized carbons (Fsp3) is 0.250. The Morgan fingerprint density at radius 2 is 1.97 bits per heavy atom. The van der Waals surface area contributed by atoms with Gasteiger partial charge in [-0.05, 0) is 30.5 Å². The van der Waals surface area contributed by atoms with Gasteiger partial charge in [0.25, 0.3) is 5.91 Å². The van der Waals surface area contributed by atoms with Gasteiger partial charge < -0.3 is 4.90 Å². The van der Waals surface area contributed by atoms with Crippen molar-refractivity contribution < 1.29 is 4.79 Å². The number of hydrogen-bond donors (Lipinski definition) is 1. The van der Waals surface area contributed by atoms with Gasteiger partial charge in [-0.2, -0.15) is 5.26 Å². The number of nitrogens with zero attached hydrogens (tertiary/aromatic N) is 5. The lowest BCUT2D eigenvalue weighted by atomic mass is 10.1. The average molecular weight is 425 g/mol. The highest BCUT2D eigenvalue weighted by Crippen LogP contribution is 2.24. The summed E-state index contributed by atoms with van der Waals surface area (Å²) in [6, 6.07) is 9.50. The Labute approximate surface area is 177 Å². The second-order valence-corrected chi connectivity index (χ2v) is 8.15. The molecule has 2 aromatic heterocycles. The molecule has 0 spiro atoms. The highest BCUT2D eigenvalue weighted by atomic mass is 35.5. The Bertz CT molecular complexity index is 1070. The number of anilines is 2. The van der Waals surface area contributed by atoms with Gasteiger partial charge in [-0.25, -0.2) is 15.0 Å². The van der Waals surface area contributed by atoms with Crippen LogP contribution in [0, 0.1) is 11.3 Å². The quantitative estimate of drug-likeness (QED) is 0.667. The molecular formula is C20H17ClN6OS. The summed E-state index contributed by atoms with van der Waals surface area (Å²) >= 11 is 7.55. The molecule has 0 unspecified atom stereocenters. The fourth-order valence-corrected chi connectivity index (χ4v) is 4.11. The largest absolute Gasteiger partial charge is 0.341 e. The predicted molar refractivity (Wildman–Crippen MR) is 113 cm³/mol. The number of rotatable bonds is 5. The molecular weight excluding hydrogens is 408 g/mol. The highest BCUT2D eigenvalue weighted by Gasteiger charge is 2.20. The van der Waals surface area contributed by atoms with Crippen LogP contribution in [0.2, 0.25) is 5.02 Å². The van der Waals surface area contributed by atoms with Crippen LogP contribution in [-0.2, 0) is 6.42 Å². The van der Waals surface area contributed by atoms with Crippen LogP contribution in [0.4, 0.5) is 11.1 Å². The van der Waals surface area contributed by atoms with E-state index >= 15 is 0 Å². The summed E-state index contributed by atoms with van der Waals surface area (Å²) in [5.74, 6) is 0.120. The minimum Gasteiger partial charge on any atom is -0.341 e. The summed E-state index contributed by atoms with van der Waals surface area (Å²) in [4.78, 5) is 28.6. The van der Waals surface area contributed by atoms with Crippen molar-refractivity contribution >= 4 is 39.9 Å². The van der Waals surface area contributed by atoms with Crippen molar-refractivity contribution in [2.45, 2.75) is 19.3 Å². The van der Waals surface area contributed by atoms with Crippen LogP contribution in [0.15, 0.2) is 36.7 Å². The number of thiazole rings is 1. The summed E-state index contributed by atoms with van der Waals surface area (Å²) in [6.45, 7) is 1.77. The Morgan fingerprint density at radius 3 is 2.69 bits per heavy atom. The van der Waals surface area contributed by atoms with Gasteiger partial charge in [-0.15, -0.1) is 11.3 Å². The normalized spacial score (nSPS) is 13.3. The van der Waals surface area contributed by atoms with Crippen LogP contribution in [0.25, 0.3) is 0 Å². The van der Waals surface area contributed by atoms with Crippen molar-refractivity contribution in [2.75, 3.05) is 23.3 Å². The topological polar surface area (TPSA) is 94.8 Å². The van der Waals surface area contributed by atoms with E-state index < -0.39 is 5.91 Å². The number of nitrogens with one attached hydrogen (secondary N) is 1. The first-order valence-electron chi connectivity index (χ1n) is 9.15. The molecule has 3 aromatic rings. The minimum absolute atomic E-state index is 0.146. The number of amides is 1. The molecule has 0 aliphatic carbocycles. The lowest BCUT2D eigenvalue weighted by molar-refractivity contribution is 0.102. The number of benzene rings is 1. The summed E-state index contributed by atoms with van der Waals surface area (Å²) in [5, 5.41) is 12.3. The molecule has 1 N–H and O–H groups in total. The van der Waals surface area contributed by atoms with Crippen LogP contribution in [0.3, 0.4) is 0 Å². The Morgan fingerprint density at radius 1 is 1.21 bits per heavy atom. The zero-order chi connectivity index (χ0) is 20.2. The molecule has 1 amide bonds. The van der Waals surface area contributed by atoms with E-state index in [1.165, 1.54) is 17.5 Å². The summed E-state index contributed by atoms with van der Waals surface area (Å²) in [7, 11) is 0. The molecule has 0 saturated carbocycles. The lowest BCUT2D eigenvalue weighted by Gasteiger charge is -2.15. The standard InChI is InChI=1S/C20H17ClN6OS/c21-16-12-23-19(27-7-1-2-8-27)25-17(16)18(28)26-20-24-11-15(29-20)9-13-3-5-14(10-22)6-4-13/h3-6,11-12H,1-2,7-9H2,(H,24,26,28). The van der Waals surface area contributed by atoms with E-state index in [1.807, 2.05) is 17.0 Å². The molecule has 0 radical (unpaired) electrons. The molecule has 9 heteroatoms. The van der Waals surface area contributed by atoms with Gasteiger partial charge in [0, 0.05) is 30.6 Å². The summed E-state index contributed by atoms with van der Waals surface area (Å²) in [5.41, 5.74) is 1.84. The summed E-state index contributed by atoms with van der Waals surface area (Å²) < 4.78 is 0. The summed E-state index contributed by atoms with van der Waals surface area (Å²) in [6.07, 6.45) is 6.06. The second kappa shape index (κ2) is 8.55. The third-order valence-corrected chi connectivity index (χ3v) is 5.76. The molecule has 1 aromatic carbocycles. The average Bonchev–Trinajstić information content (AvgIpc) is 3.41. The van der Waals surface area contributed by atoms with Gasteiger partial charge in [0.15, 0.2) is 10.8 Å². The maximum absolute atomic E-state index is 12.7. The maximum Gasteiger partial charge on any atom is 0.277 e. The number of hydrogen-bond acceptors (Lipinski definition) is 7. The Kier molecular flexibility index (Phi) is 5.69. The first-order valence-corrected chi connectivity index (χ1v) is 10.3.